The summed E-state index contributed by atoms with van der Waals surface area (Å²) in [6.45, 7) is 9.34. The number of carbonyl (C=O) groups is 2. The van der Waals surface area contributed by atoms with E-state index in [1.807, 2.05) is 13.8 Å². The van der Waals surface area contributed by atoms with Crippen molar-refractivity contribution in [2.24, 2.45) is 23.0 Å². The smallest absolute Gasteiger partial charge is 0.326 e. The summed E-state index contributed by atoms with van der Waals surface area (Å²) in [6.07, 6.45) is 0. The highest BCUT2D eigenvalue weighted by atomic mass is 16.4. The summed E-state index contributed by atoms with van der Waals surface area (Å²) in [7, 11) is 0. The minimum atomic E-state index is -1.02. The molecular weight excluding hydrogens is 220 g/mol. The molecule has 0 aliphatic carbocycles. The minimum Gasteiger partial charge on any atom is -0.480 e. The van der Waals surface area contributed by atoms with Gasteiger partial charge in [0.25, 0.3) is 0 Å². The average Bonchev–Trinajstić information content (AvgIpc) is 2.12. The Kier molecular flexibility index (Phi) is 5.61. The molecule has 100 valence electrons. The van der Waals surface area contributed by atoms with Crippen LogP contribution in [0.2, 0.25) is 0 Å². The van der Waals surface area contributed by atoms with Crippen LogP contribution in [0.15, 0.2) is 0 Å². The molecule has 0 aliphatic rings. The number of nitrogens with two attached hydrogens (primary N) is 1. The lowest BCUT2D eigenvalue weighted by Gasteiger charge is -2.30. The van der Waals surface area contributed by atoms with Crippen LogP contribution in [0, 0.1) is 17.3 Å². The highest BCUT2D eigenvalue weighted by molar-refractivity contribution is 5.85. The van der Waals surface area contributed by atoms with Gasteiger partial charge in [-0.05, 0) is 11.3 Å². The first-order valence-corrected chi connectivity index (χ1v) is 5.84. The molecule has 5 heteroatoms. The standard InChI is InChI=1S/C12H24N2O3/c1-7(2)8(6-13)10(15)14-9(11(16)17)12(3,4)5/h7-9H,6,13H2,1-5H3,(H,14,15)(H,16,17)/t8?,9-/m1/s1. The van der Waals surface area contributed by atoms with Gasteiger partial charge in [-0.25, -0.2) is 4.79 Å². The van der Waals surface area contributed by atoms with Crippen LogP contribution in [0.4, 0.5) is 0 Å². The van der Waals surface area contributed by atoms with Crippen LogP contribution in [0.3, 0.4) is 0 Å². The van der Waals surface area contributed by atoms with Crippen molar-refractivity contribution in [2.75, 3.05) is 6.54 Å². The molecule has 0 rings (SSSR count). The van der Waals surface area contributed by atoms with Gasteiger partial charge in [-0.1, -0.05) is 34.6 Å². The highest BCUT2D eigenvalue weighted by Crippen LogP contribution is 2.20. The van der Waals surface area contributed by atoms with Crippen LogP contribution >= 0.6 is 0 Å². The summed E-state index contributed by atoms with van der Waals surface area (Å²) < 4.78 is 0. The van der Waals surface area contributed by atoms with E-state index in [1.165, 1.54) is 0 Å². The Labute approximate surface area is 103 Å². The average molecular weight is 244 g/mol. The van der Waals surface area contributed by atoms with Gasteiger partial charge in [0.1, 0.15) is 6.04 Å². The van der Waals surface area contributed by atoms with Crippen LogP contribution < -0.4 is 11.1 Å². The summed E-state index contributed by atoms with van der Waals surface area (Å²) in [5.74, 6) is -1.57. The summed E-state index contributed by atoms with van der Waals surface area (Å²) in [5.41, 5.74) is 5.00. The van der Waals surface area contributed by atoms with E-state index in [0.29, 0.717) is 0 Å². The van der Waals surface area contributed by atoms with Crippen molar-refractivity contribution in [1.82, 2.24) is 5.32 Å². The molecule has 0 radical (unpaired) electrons. The topological polar surface area (TPSA) is 92.4 Å². The Morgan fingerprint density at radius 1 is 1.29 bits per heavy atom. The number of carbonyl (C=O) groups excluding carboxylic acids is 1. The second-order valence-corrected chi connectivity index (χ2v) is 5.73. The largest absolute Gasteiger partial charge is 0.480 e. The van der Waals surface area contributed by atoms with Gasteiger partial charge in [0.2, 0.25) is 5.91 Å². The van der Waals surface area contributed by atoms with Crippen molar-refractivity contribution in [3.63, 3.8) is 0 Å². The maximum absolute atomic E-state index is 11.9. The summed E-state index contributed by atoms with van der Waals surface area (Å²) in [6, 6.07) is -0.900. The van der Waals surface area contributed by atoms with Crippen LogP contribution in [0.1, 0.15) is 34.6 Å². The molecule has 17 heavy (non-hydrogen) atoms. The van der Waals surface area contributed by atoms with E-state index in [0.717, 1.165) is 0 Å². The summed E-state index contributed by atoms with van der Waals surface area (Å²) >= 11 is 0. The minimum absolute atomic E-state index is 0.0920. The van der Waals surface area contributed by atoms with E-state index in [9.17, 15) is 9.59 Å². The van der Waals surface area contributed by atoms with Crippen molar-refractivity contribution in [2.45, 2.75) is 40.7 Å². The lowest BCUT2D eigenvalue weighted by molar-refractivity contribution is -0.145. The van der Waals surface area contributed by atoms with Gasteiger partial charge in [-0.15, -0.1) is 0 Å². The van der Waals surface area contributed by atoms with Crippen molar-refractivity contribution >= 4 is 11.9 Å². The van der Waals surface area contributed by atoms with Crippen molar-refractivity contribution in [3.8, 4) is 0 Å². The first kappa shape index (κ1) is 15.9. The number of amides is 1. The lowest BCUT2D eigenvalue weighted by atomic mass is 9.85. The van der Waals surface area contributed by atoms with E-state index >= 15 is 0 Å². The maximum Gasteiger partial charge on any atom is 0.326 e. The Hall–Kier alpha value is -1.10. The van der Waals surface area contributed by atoms with E-state index in [2.05, 4.69) is 5.32 Å². The number of carboxylic acids is 1. The van der Waals surface area contributed by atoms with Crippen molar-refractivity contribution in [3.05, 3.63) is 0 Å². The zero-order chi connectivity index (χ0) is 13.8. The molecule has 0 saturated carbocycles. The van der Waals surface area contributed by atoms with E-state index in [-0.39, 0.29) is 24.3 Å². The number of carboxylic acid groups (broad SMARTS) is 1. The summed E-state index contributed by atoms with van der Waals surface area (Å²) in [4.78, 5) is 23.0. The Morgan fingerprint density at radius 3 is 2.00 bits per heavy atom. The molecular formula is C12H24N2O3. The molecule has 0 heterocycles. The highest BCUT2D eigenvalue weighted by Gasteiger charge is 2.34. The van der Waals surface area contributed by atoms with Crippen LogP contribution in [-0.4, -0.2) is 29.6 Å². The monoisotopic (exact) mass is 244 g/mol. The number of aliphatic carboxylic acids is 1. The van der Waals surface area contributed by atoms with Crippen molar-refractivity contribution in [1.29, 1.82) is 0 Å². The van der Waals surface area contributed by atoms with E-state index < -0.39 is 17.4 Å². The van der Waals surface area contributed by atoms with E-state index in [1.54, 1.807) is 20.8 Å². The van der Waals surface area contributed by atoms with Gasteiger partial charge < -0.3 is 16.2 Å². The third kappa shape index (κ3) is 4.73. The zero-order valence-electron chi connectivity index (χ0n) is 11.3. The molecule has 1 amide bonds. The SMILES string of the molecule is CC(C)C(CN)C(=O)N[C@H](C(=O)O)C(C)(C)C. The molecule has 0 saturated heterocycles. The lowest BCUT2D eigenvalue weighted by Crippen LogP contribution is -2.52. The number of hydrogen-bond acceptors (Lipinski definition) is 3. The summed E-state index contributed by atoms with van der Waals surface area (Å²) in [5, 5.41) is 11.7. The number of hydrogen-bond donors (Lipinski definition) is 3. The maximum atomic E-state index is 11.9. The number of rotatable bonds is 5. The fraction of sp³-hybridized carbons (Fsp3) is 0.833. The molecule has 0 aromatic rings. The third-order valence-electron chi connectivity index (χ3n) is 2.80. The van der Waals surface area contributed by atoms with Gasteiger partial charge in [-0.2, -0.15) is 0 Å². The van der Waals surface area contributed by atoms with Gasteiger partial charge in [0, 0.05) is 6.54 Å². The molecule has 0 spiro atoms. The fourth-order valence-electron chi connectivity index (χ4n) is 1.58. The normalized spacial score (nSPS) is 15.5. The Bertz CT molecular complexity index is 282. The van der Waals surface area contributed by atoms with E-state index in [4.69, 9.17) is 10.8 Å². The van der Waals surface area contributed by atoms with Gasteiger partial charge in [-0.3, -0.25) is 4.79 Å². The molecule has 1 unspecified atom stereocenters. The third-order valence-corrected chi connectivity index (χ3v) is 2.80. The van der Waals surface area contributed by atoms with Crippen LogP contribution in [0.25, 0.3) is 0 Å². The molecule has 0 aromatic heterocycles. The molecule has 2 atom stereocenters. The molecule has 0 aliphatic heterocycles. The predicted molar refractivity (Wildman–Crippen MR) is 66.4 cm³/mol. The second kappa shape index (κ2) is 6.00. The van der Waals surface area contributed by atoms with Gasteiger partial charge in [0.15, 0.2) is 0 Å². The molecule has 4 N–H and O–H groups in total. The first-order valence-electron chi connectivity index (χ1n) is 5.84. The van der Waals surface area contributed by atoms with Crippen molar-refractivity contribution < 1.29 is 14.7 Å². The second-order valence-electron chi connectivity index (χ2n) is 5.73. The van der Waals surface area contributed by atoms with Crippen LogP contribution in [0.5, 0.6) is 0 Å². The quantitative estimate of drug-likeness (QED) is 0.668. The molecule has 0 aromatic carbocycles. The Morgan fingerprint density at radius 2 is 1.76 bits per heavy atom. The molecule has 0 bridgehead atoms. The van der Waals surface area contributed by atoms with Crippen LogP contribution in [-0.2, 0) is 9.59 Å². The van der Waals surface area contributed by atoms with Gasteiger partial charge >= 0.3 is 5.97 Å². The zero-order valence-corrected chi connectivity index (χ0v) is 11.3. The predicted octanol–water partition coefficient (Wildman–Crippen LogP) is 0.833. The molecule has 5 nitrogen and oxygen atoms in total. The van der Waals surface area contributed by atoms with Gasteiger partial charge in [0.05, 0.1) is 5.92 Å². The number of nitrogens with one attached hydrogen (secondary N) is 1. The molecule has 0 fully saturated rings. The fourth-order valence-corrected chi connectivity index (χ4v) is 1.58. The first-order chi connectivity index (χ1) is 7.61. The Balaban J connectivity index is 4.79.